The molecule has 1 fully saturated rings. The van der Waals surface area contributed by atoms with E-state index < -0.39 is 0 Å². The lowest BCUT2D eigenvalue weighted by Crippen LogP contribution is -2.11. The highest BCUT2D eigenvalue weighted by Gasteiger charge is 2.25. The second-order valence-corrected chi connectivity index (χ2v) is 2.83. The number of nitrogens with one attached hydrogen (secondary N) is 1. The summed E-state index contributed by atoms with van der Waals surface area (Å²) >= 11 is 0. The van der Waals surface area contributed by atoms with Crippen LogP contribution in [0.15, 0.2) is 10.9 Å². The number of anilines is 1. The lowest BCUT2D eigenvalue weighted by atomic mass is 10.3. The molecule has 1 aromatic rings. The Bertz CT molecular complexity index is 332. The smallest absolute Gasteiger partial charge is 0.252 e. The molecule has 0 aromatic carbocycles. The minimum absolute atomic E-state index is 0. The van der Waals surface area contributed by atoms with Crippen LogP contribution in [-0.2, 0) is 0 Å². The normalized spacial score (nSPS) is 15.3. The molecular weight excluding hydrogens is 178 g/mol. The van der Waals surface area contributed by atoms with Crippen LogP contribution in [0, 0.1) is 0 Å². The molecule has 12 heavy (non-hydrogen) atoms. The third-order valence-electron chi connectivity index (χ3n) is 1.78. The van der Waals surface area contributed by atoms with Gasteiger partial charge in [-0.15, -0.1) is 12.4 Å². The molecule has 1 aromatic heterocycles. The van der Waals surface area contributed by atoms with Gasteiger partial charge in [-0.1, -0.05) is 0 Å². The topological polar surface area (TPSA) is 71.8 Å². The molecule has 66 valence electrons. The first-order valence-corrected chi connectivity index (χ1v) is 3.62. The third kappa shape index (κ3) is 1.76. The first-order chi connectivity index (χ1) is 5.25. The molecule has 0 radical (unpaired) electrons. The zero-order chi connectivity index (χ0) is 7.84. The molecule has 0 unspecified atom stereocenters. The first-order valence-electron chi connectivity index (χ1n) is 3.62. The molecule has 0 saturated heterocycles. The average Bonchev–Trinajstić information content (AvgIpc) is 2.64. The van der Waals surface area contributed by atoms with Crippen LogP contribution in [0.25, 0.3) is 0 Å². The lowest BCUT2D eigenvalue weighted by molar-refractivity contribution is 0.981. The molecule has 4 nitrogen and oxygen atoms in total. The maximum Gasteiger partial charge on any atom is 0.252 e. The third-order valence-corrected chi connectivity index (χ3v) is 1.78. The Morgan fingerprint density at radius 3 is 2.75 bits per heavy atom. The summed E-state index contributed by atoms with van der Waals surface area (Å²) in [4.78, 5) is 17.3. The molecule has 0 aliphatic heterocycles. The molecule has 2 rings (SSSR count). The van der Waals surface area contributed by atoms with Gasteiger partial charge in [0.1, 0.15) is 0 Å². The lowest BCUT2D eigenvalue weighted by Gasteiger charge is -1.96. The van der Waals surface area contributed by atoms with E-state index in [-0.39, 0.29) is 23.9 Å². The van der Waals surface area contributed by atoms with Crippen molar-refractivity contribution in [2.24, 2.45) is 0 Å². The molecule has 1 aliphatic rings. The quantitative estimate of drug-likeness (QED) is 0.678. The van der Waals surface area contributed by atoms with Gasteiger partial charge in [-0.2, -0.15) is 0 Å². The molecule has 1 heterocycles. The number of nitrogen functional groups attached to an aromatic ring is 1. The van der Waals surface area contributed by atoms with Crippen LogP contribution in [0.3, 0.4) is 0 Å². The number of H-pyrrole nitrogens is 1. The number of halogens is 1. The number of hydrogen-bond acceptors (Lipinski definition) is 3. The summed E-state index contributed by atoms with van der Waals surface area (Å²) in [6, 6.07) is 1.52. The number of hydrogen-bond donors (Lipinski definition) is 2. The van der Waals surface area contributed by atoms with Crippen molar-refractivity contribution >= 4 is 18.4 Å². The maximum absolute atomic E-state index is 10.9. The van der Waals surface area contributed by atoms with Gasteiger partial charge in [0.05, 0.1) is 5.69 Å². The number of nitrogens with two attached hydrogens (primary N) is 1. The van der Waals surface area contributed by atoms with Crippen LogP contribution >= 0.6 is 12.4 Å². The number of aromatic amines is 1. The van der Waals surface area contributed by atoms with Gasteiger partial charge in [-0.25, -0.2) is 4.98 Å². The summed E-state index contributed by atoms with van der Waals surface area (Å²) in [5.41, 5.74) is 6.04. The van der Waals surface area contributed by atoms with Gasteiger partial charge in [-0.3, -0.25) is 9.78 Å². The fraction of sp³-hybridized carbons (Fsp3) is 0.429. The van der Waals surface area contributed by atoms with Crippen molar-refractivity contribution in [2.75, 3.05) is 5.73 Å². The summed E-state index contributed by atoms with van der Waals surface area (Å²) in [5, 5.41) is 0. The van der Waals surface area contributed by atoms with E-state index in [1.54, 1.807) is 0 Å². The Morgan fingerprint density at radius 1 is 1.58 bits per heavy atom. The molecule has 5 heteroatoms. The van der Waals surface area contributed by atoms with E-state index in [0.717, 1.165) is 18.5 Å². The van der Waals surface area contributed by atoms with Crippen molar-refractivity contribution in [3.05, 3.63) is 22.1 Å². The Labute approximate surface area is 75.6 Å². The fourth-order valence-corrected chi connectivity index (χ4v) is 1.08. The Hall–Kier alpha value is -1.03. The molecular formula is C7H10ClN3O. The highest BCUT2D eigenvalue weighted by atomic mass is 35.5. The largest absolute Gasteiger partial charge is 0.369 e. The summed E-state index contributed by atoms with van der Waals surface area (Å²) < 4.78 is 0. The predicted octanol–water partition coefficient (Wildman–Crippen LogP) is 0.651. The Kier molecular flexibility index (Phi) is 2.38. The van der Waals surface area contributed by atoms with Crippen molar-refractivity contribution in [1.29, 1.82) is 0 Å². The van der Waals surface area contributed by atoms with Gasteiger partial charge in [0.15, 0.2) is 0 Å². The van der Waals surface area contributed by atoms with Gasteiger partial charge < -0.3 is 5.73 Å². The van der Waals surface area contributed by atoms with Gasteiger partial charge in [0.25, 0.3) is 5.56 Å². The maximum atomic E-state index is 10.9. The van der Waals surface area contributed by atoms with Gasteiger partial charge in [0, 0.05) is 12.0 Å². The second kappa shape index (κ2) is 3.15. The van der Waals surface area contributed by atoms with E-state index in [9.17, 15) is 4.79 Å². The minimum atomic E-state index is -0.153. The number of nitrogens with zero attached hydrogens (tertiary/aromatic N) is 1. The summed E-state index contributed by atoms with van der Waals surface area (Å²) in [7, 11) is 0. The highest BCUT2D eigenvalue weighted by Crippen LogP contribution is 2.38. The van der Waals surface area contributed by atoms with Crippen LogP contribution < -0.4 is 11.3 Å². The Morgan fingerprint density at radius 2 is 2.25 bits per heavy atom. The zero-order valence-electron chi connectivity index (χ0n) is 6.41. The van der Waals surface area contributed by atoms with Crippen LogP contribution in [-0.4, -0.2) is 9.97 Å². The van der Waals surface area contributed by atoms with Crippen LogP contribution in [0.1, 0.15) is 24.5 Å². The predicted molar refractivity (Wildman–Crippen MR) is 48.5 cm³/mol. The van der Waals surface area contributed by atoms with Crippen molar-refractivity contribution in [2.45, 2.75) is 18.8 Å². The van der Waals surface area contributed by atoms with Crippen molar-refractivity contribution in [3.8, 4) is 0 Å². The van der Waals surface area contributed by atoms with Gasteiger partial charge in [0.2, 0.25) is 5.95 Å². The monoisotopic (exact) mass is 187 g/mol. The van der Waals surface area contributed by atoms with Crippen molar-refractivity contribution in [1.82, 2.24) is 9.97 Å². The van der Waals surface area contributed by atoms with E-state index in [0.29, 0.717) is 5.92 Å². The molecule has 3 N–H and O–H groups in total. The van der Waals surface area contributed by atoms with Gasteiger partial charge >= 0.3 is 0 Å². The Balaban J connectivity index is 0.000000720. The second-order valence-electron chi connectivity index (χ2n) is 2.83. The zero-order valence-corrected chi connectivity index (χ0v) is 7.23. The van der Waals surface area contributed by atoms with E-state index in [1.807, 2.05) is 0 Å². The molecule has 0 atom stereocenters. The molecule has 0 bridgehead atoms. The molecule has 0 spiro atoms. The van der Waals surface area contributed by atoms with E-state index in [2.05, 4.69) is 9.97 Å². The standard InChI is InChI=1S/C7H9N3O.ClH/c8-7-9-5(4-1-2-4)3-6(11)10-7;/h3-4H,1-2H2,(H3,8,9,10,11);1H. The average molecular weight is 188 g/mol. The molecule has 0 amide bonds. The summed E-state index contributed by atoms with van der Waals surface area (Å²) in [6.45, 7) is 0. The van der Waals surface area contributed by atoms with E-state index >= 15 is 0 Å². The molecule has 1 saturated carbocycles. The number of aromatic nitrogens is 2. The SMILES string of the molecule is Cl.Nc1nc(C2CC2)cc(=O)[nH]1. The van der Waals surface area contributed by atoms with E-state index in [1.165, 1.54) is 6.07 Å². The van der Waals surface area contributed by atoms with Crippen LogP contribution in [0.4, 0.5) is 5.95 Å². The highest BCUT2D eigenvalue weighted by molar-refractivity contribution is 5.85. The summed E-state index contributed by atoms with van der Waals surface area (Å²) in [6.07, 6.45) is 2.27. The van der Waals surface area contributed by atoms with Gasteiger partial charge in [-0.05, 0) is 12.8 Å². The van der Waals surface area contributed by atoms with Crippen LogP contribution in [0.2, 0.25) is 0 Å². The molecule has 1 aliphatic carbocycles. The van der Waals surface area contributed by atoms with Crippen molar-refractivity contribution < 1.29 is 0 Å². The minimum Gasteiger partial charge on any atom is -0.369 e. The first kappa shape index (κ1) is 9.06. The van der Waals surface area contributed by atoms with Crippen LogP contribution in [0.5, 0.6) is 0 Å². The fourth-order valence-electron chi connectivity index (χ4n) is 1.08. The summed E-state index contributed by atoms with van der Waals surface area (Å²) in [5.74, 6) is 0.707. The van der Waals surface area contributed by atoms with E-state index in [4.69, 9.17) is 5.73 Å². The number of rotatable bonds is 1. The van der Waals surface area contributed by atoms with Crippen molar-refractivity contribution in [3.63, 3.8) is 0 Å².